The van der Waals surface area contributed by atoms with Gasteiger partial charge in [0.25, 0.3) is 0 Å². The molecule has 0 spiro atoms. The van der Waals surface area contributed by atoms with Crippen molar-refractivity contribution in [1.29, 1.82) is 0 Å². The van der Waals surface area contributed by atoms with Crippen molar-refractivity contribution in [3.63, 3.8) is 0 Å². The summed E-state index contributed by atoms with van der Waals surface area (Å²) in [5, 5.41) is 3.31. The van der Waals surface area contributed by atoms with Gasteiger partial charge in [0.05, 0.1) is 17.9 Å². The van der Waals surface area contributed by atoms with Crippen molar-refractivity contribution in [2.45, 2.75) is 45.1 Å². The van der Waals surface area contributed by atoms with E-state index < -0.39 is 0 Å². The molecule has 1 saturated carbocycles. The quantitative estimate of drug-likeness (QED) is 0.611. The highest BCUT2D eigenvalue weighted by Gasteiger charge is 2.51. The largest absolute Gasteiger partial charge is 0.378 e. The zero-order valence-corrected chi connectivity index (χ0v) is 12.8. The summed E-state index contributed by atoms with van der Waals surface area (Å²) >= 11 is 0. The molecule has 21 heavy (non-hydrogen) atoms. The van der Waals surface area contributed by atoms with Gasteiger partial charge in [0.2, 0.25) is 11.8 Å². The molecule has 1 aliphatic carbocycles. The molecule has 2 amide bonds. The third-order valence-corrected chi connectivity index (χ3v) is 5.13. The number of carbonyl (C=O) groups excluding carboxylic acids is 2. The van der Waals surface area contributed by atoms with Crippen LogP contribution in [0.3, 0.4) is 0 Å². The van der Waals surface area contributed by atoms with Crippen molar-refractivity contribution >= 4 is 11.8 Å². The molecule has 0 aromatic heterocycles. The number of nitrogens with one attached hydrogen (secondary N) is 1. The molecule has 1 N–H and O–H groups in total. The molecule has 2 aliphatic heterocycles. The van der Waals surface area contributed by atoms with Gasteiger partial charge in [0, 0.05) is 13.2 Å². The number of likely N-dealkylation sites (tertiary alicyclic amines) is 1. The topological polar surface area (TPSA) is 58.6 Å². The number of ether oxygens (including phenoxy) is 1. The number of hydrogen-bond acceptors (Lipinski definition) is 4. The number of fused-ring (bicyclic) bond motifs is 1. The van der Waals surface area contributed by atoms with Crippen LogP contribution in [0, 0.1) is 17.8 Å². The molecule has 2 atom stereocenters. The van der Waals surface area contributed by atoms with Crippen molar-refractivity contribution in [3.05, 3.63) is 0 Å². The summed E-state index contributed by atoms with van der Waals surface area (Å²) < 4.78 is 5.84. The fourth-order valence-corrected chi connectivity index (χ4v) is 4.00. The molecule has 3 fully saturated rings. The van der Waals surface area contributed by atoms with Gasteiger partial charge in [0.15, 0.2) is 0 Å². The van der Waals surface area contributed by atoms with Gasteiger partial charge in [-0.2, -0.15) is 0 Å². The maximum Gasteiger partial charge on any atom is 0.233 e. The van der Waals surface area contributed by atoms with E-state index in [0.29, 0.717) is 25.2 Å². The highest BCUT2D eigenvalue weighted by molar-refractivity contribution is 6.05. The van der Waals surface area contributed by atoms with E-state index in [2.05, 4.69) is 12.2 Å². The zero-order chi connectivity index (χ0) is 14.8. The standard InChI is InChI=1S/C16H26N2O3/c1-11-9-13-14(10-11)16(20)18(15(13)19)7-2-8-21-12-3-5-17-6-4-12/h11-14,17H,2-10H2,1H3. The molecule has 0 aromatic carbocycles. The number of nitrogens with zero attached hydrogens (tertiary/aromatic N) is 1. The molecule has 3 aliphatic rings. The first-order chi connectivity index (χ1) is 10.2. The van der Waals surface area contributed by atoms with Crippen LogP contribution in [-0.4, -0.2) is 49.1 Å². The molecule has 2 unspecified atom stereocenters. The van der Waals surface area contributed by atoms with E-state index >= 15 is 0 Å². The fraction of sp³-hybridized carbons (Fsp3) is 0.875. The molecule has 2 saturated heterocycles. The van der Waals surface area contributed by atoms with Gasteiger partial charge in [-0.05, 0) is 51.1 Å². The summed E-state index contributed by atoms with van der Waals surface area (Å²) in [6, 6.07) is 0. The first-order valence-electron chi connectivity index (χ1n) is 8.34. The lowest BCUT2D eigenvalue weighted by Gasteiger charge is -2.23. The number of carbonyl (C=O) groups is 2. The molecule has 0 aromatic rings. The second-order valence-electron chi connectivity index (χ2n) is 6.79. The van der Waals surface area contributed by atoms with Crippen LogP contribution in [0.1, 0.15) is 39.0 Å². The SMILES string of the molecule is CC1CC2C(=O)N(CCCOC3CCNCC3)C(=O)C2C1. The molecule has 5 heteroatoms. The zero-order valence-electron chi connectivity index (χ0n) is 12.8. The Kier molecular flexibility index (Phi) is 4.60. The lowest BCUT2D eigenvalue weighted by atomic mass is 10.00. The molecule has 5 nitrogen and oxygen atoms in total. The van der Waals surface area contributed by atoms with E-state index in [4.69, 9.17) is 4.74 Å². The Bertz CT molecular complexity index is 382. The van der Waals surface area contributed by atoms with Crippen molar-refractivity contribution in [1.82, 2.24) is 10.2 Å². The van der Waals surface area contributed by atoms with E-state index in [9.17, 15) is 9.59 Å². The van der Waals surface area contributed by atoms with E-state index in [1.54, 1.807) is 0 Å². The average molecular weight is 294 g/mol. The Morgan fingerprint density at radius 1 is 1.14 bits per heavy atom. The first kappa shape index (κ1) is 15.0. The summed E-state index contributed by atoms with van der Waals surface area (Å²) in [5.74, 6) is 0.585. The van der Waals surface area contributed by atoms with Crippen LogP contribution in [0.2, 0.25) is 0 Å². The smallest absolute Gasteiger partial charge is 0.233 e. The molecule has 2 heterocycles. The predicted octanol–water partition coefficient (Wildman–Crippen LogP) is 1.18. The third-order valence-electron chi connectivity index (χ3n) is 5.13. The molecule has 0 bridgehead atoms. The highest BCUT2D eigenvalue weighted by atomic mass is 16.5. The molecule has 0 radical (unpaired) electrons. The minimum Gasteiger partial charge on any atom is -0.378 e. The predicted molar refractivity (Wildman–Crippen MR) is 78.6 cm³/mol. The van der Waals surface area contributed by atoms with Crippen LogP contribution < -0.4 is 5.32 Å². The van der Waals surface area contributed by atoms with Gasteiger partial charge >= 0.3 is 0 Å². The van der Waals surface area contributed by atoms with Gasteiger partial charge in [0.1, 0.15) is 0 Å². The lowest BCUT2D eigenvalue weighted by molar-refractivity contribution is -0.140. The minimum absolute atomic E-state index is 0.0298. The lowest BCUT2D eigenvalue weighted by Crippen LogP contribution is -2.35. The maximum absolute atomic E-state index is 12.3. The van der Waals surface area contributed by atoms with E-state index in [-0.39, 0.29) is 23.7 Å². The Morgan fingerprint density at radius 3 is 2.38 bits per heavy atom. The number of rotatable bonds is 5. The van der Waals surface area contributed by atoms with E-state index in [1.807, 2.05) is 0 Å². The third kappa shape index (κ3) is 3.14. The normalized spacial score (nSPS) is 33.8. The van der Waals surface area contributed by atoms with Crippen molar-refractivity contribution in [3.8, 4) is 0 Å². The monoisotopic (exact) mass is 294 g/mol. The van der Waals surface area contributed by atoms with Gasteiger partial charge in [-0.1, -0.05) is 6.92 Å². The van der Waals surface area contributed by atoms with Gasteiger partial charge in [-0.3, -0.25) is 14.5 Å². The second-order valence-corrected chi connectivity index (χ2v) is 6.79. The van der Waals surface area contributed by atoms with Crippen LogP contribution in [0.5, 0.6) is 0 Å². The van der Waals surface area contributed by atoms with Crippen LogP contribution >= 0.6 is 0 Å². The maximum atomic E-state index is 12.3. The summed E-state index contributed by atoms with van der Waals surface area (Å²) in [5.41, 5.74) is 0. The Balaban J connectivity index is 1.41. The Morgan fingerprint density at radius 2 is 1.76 bits per heavy atom. The summed E-state index contributed by atoms with van der Waals surface area (Å²) in [6.07, 6.45) is 4.99. The number of amides is 2. The van der Waals surface area contributed by atoms with Crippen molar-refractivity contribution in [2.75, 3.05) is 26.2 Å². The van der Waals surface area contributed by atoms with Crippen LogP contribution in [0.15, 0.2) is 0 Å². The van der Waals surface area contributed by atoms with E-state index in [1.165, 1.54) is 4.90 Å². The average Bonchev–Trinajstić information content (AvgIpc) is 2.97. The molecular weight excluding hydrogens is 268 g/mol. The van der Waals surface area contributed by atoms with Crippen molar-refractivity contribution < 1.29 is 14.3 Å². The van der Waals surface area contributed by atoms with Crippen LogP contribution in [0.25, 0.3) is 0 Å². The fourth-order valence-electron chi connectivity index (χ4n) is 4.00. The van der Waals surface area contributed by atoms with Crippen molar-refractivity contribution in [2.24, 2.45) is 17.8 Å². The van der Waals surface area contributed by atoms with Gasteiger partial charge in [-0.25, -0.2) is 0 Å². The number of imide groups is 1. The number of piperidine rings is 1. The number of hydrogen-bond donors (Lipinski definition) is 1. The van der Waals surface area contributed by atoms with Gasteiger partial charge < -0.3 is 10.1 Å². The first-order valence-corrected chi connectivity index (χ1v) is 8.34. The van der Waals surface area contributed by atoms with E-state index in [0.717, 1.165) is 45.2 Å². The van der Waals surface area contributed by atoms with Crippen LogP contribution in [0.4, 0.5) is 0 Å². The summed E-state index contributed by atoms with van der Waals surface area (Å²) in [7, 11) is 0. The van der Waals surface area contributed by atoms with Crippen LogP contribution in [-0.2, 0) is 14.3 Å². The molecule has 118 valence electrons. The minimum atomic E-state index is -0.0298. The molecular formula is C16H26N2O3. The second kappa shape index (κ2) is 6.44. The highest BCUT2D eigenvalue weighted by Crippen LogP contribution is 2.42. The summed E-state index contributed by atoms with van der Waals surface area (Å²) in [4.78, 5) is 26.1. The Labute approximate surface area is 126 Å². The Hall–Kier alpha value is -0.940. The molecule has 3 rings (SSSR count). The summed E-state index contributed by atoms with van der Waals surface area (Å²) in [6.45, 7) is 5.36. The van der Waals surface area contributed by atoms with Gasteiger partial charge in [-0.15, -0.1) is 0 Å².